The van der Waals surface area contributed by atoms with Gasteiger partial charge in [-0.05, 0) is 40.0 Å². The van der Waals surface area contributed by atoms with E-state index in [9.17, 15) is 9.59 Å². The average molecular weight is 227 g/mol. The van der Waals surface area contributed by atoms with Crippen LogP contribution in [0.5, 0.6) is 0 Å². The van der Waals surface area contributed by atoms with Crippen LogP contribution in [0.3, 0.4) is 0 Å². The zero-order chi connectivity index (χ0) is 12.5. The predicted octanol–water partition coefficient (Wildman–Crippen LogP) is 2.22. The first-order chi connectivity index (χ1) is 7.20. The third-order valence-corrected chi connectivity index (χ3v) is 2.61. The molecule has 1 unspecified atom stereocenters. The van der Waals surface area contributed by atoms with E-state index in [2.05, 4.69) is 0 Å². The van der Waals surface area contributed by atoms with E-state index in [1.54, 1.807) is 4.90 Å². The molecule has 1 heterocycles. The van der Waals surface area contributed by atoms with Gasteiger partial charge in [0.25, 0.3) is 0 Å². The molecule has 1 aliphatic heterocycles. The van der Waals surface area contributed by atoms with Crippen molar-refractivity contribution in [1.29, 1.82) is 0 Å². The lowest BCUT2D eigenvalue weighted by molar-refractivity contribution is -0.121. The summed E-state index contributed by atoms with van der Waals surface area (Å²) in [6.07, 6.45) is 0.367. The van der Waals surface area contributed by atoms with Crippen molar-refractivity contribution in [2.45, 2.75) is 52.7 Å². The van der Waals surface area contributed by atoms with Crippen molar-refractivity contribution >= 4 is 11.9 Å². The highest BCUT2D eigenvalue weighted by Crippen LogP contribution is 2.25. The monoisotopic (exact) mass is 227 g/mol. The number of carbonyl (C=O) groups is 2. The first-order valence-corrected chi connectivity index (χ1v) is 5.71. The molecule has 1 rings (SSSR count). The quantitative estimate of drug-likeness (QED) is 0.690. The number of ketones is 1. The van der Waals surface area contributed by atoms with E-state index in [0.717, 1.165) is 6.42 Å². The Morgan fingerprint density at radius 3 is 2.31 bits per heavy atom. The number of rotatable bonds is 1. The highest BCUT2D eigenvalue weighted by Gasteiger charge is 2.37. The topological polar surface area (TPSA) is 46.6 Å². The van der Waals surface area contributed by atoms with Gasteiger partial charge in [0.15, 0.2) is 5.78 Å². The molecule has 1 aliphatic rings. The molecule has 4 nitrogen and oxygen atoms in total. The van der Waals surface area contributed by atoms with E-state index in [1.807, 2.05) is 27.7 Å². The molecule has 0 radical (unpaired) electrons. The summed E-state index contributed by atoms with van der Waals surface area (Å²) in [5.41, 5.74) is -0.510. The van der Waals surface area contributed by atoms with Gasteiger partial charge in [-0.25, -0.2) is 4.79 Å². The Labute approximate surface area is 96.9 Å². The first-order valence-electron chi connectivity index (χ1n) is 5.71. The first kappa shape index (κ1) is 13.0. The van der Waals surface area contributed by atoms with Gasteiger partial charge in [-0.1, -0.05) is 6.92 Å². The lowest BCUT2D eigenvalue weighted by atomic mass is 10.1. The van der Waals surface area contributed by atoms with Crippen molar-refractivity contribution < 1.29 is 14.3 Å². The van der Waals surface area contributed by atoms with Crippen LogP contribution in [0, 0.1) is 5.92 Å². The van der Waals surface area contributed by atoms with E-state index in [0.29, 0.717) is 12.5 Å². The molecular weight excluding hydrogens is 206 g/mol. The fraction of sp³-hybridized carbons (Fsp3) is 0.833. The molecule has 0 saturated carbocycles. The zero-order valence-electron chi connectivity index (χ0n) is 10.7. The Bertz CT molecular complexity index is 293. The standard InChI is InChI=1S/C12H21NO3/c1-8-6-10(9(2)14)13(7-8)11(15)16-12(3,4)5/h8,10H,6-7H2,1-5H3/t8-,10?/m0/s1. The fourth-order valence-electron chi connectivity index (χ4n) is 1.95. The summed E-state index contributed by atoms with van der Waals surface area (Å²) in [6.45, 7) is 9.66. The van der Waals surface area contributed by atoms with Crippen molar-refractivity contribution in [3.8, 4) is 0 Å². The average Bonchev–Trinajstić information content (AvgIpc) is 2.44. The molecule has 0 N–H and O–H groups in total. The lowest BCUT2D eigenvalue weighted by Crippen LogP contribution is -2.42. The number of carbonyl (C=O) groups excluding carboxylic acids is 2. The van der Waals surface area contributed by atoms with Gasteiger partial charge in [-0.2, -0.15) is 0 Å². The van der Waals surface area contributed by atoms with Crippen LogP contribution in [0.4, 0.5) is 4.79 Å². The fourth-order valence-corrected chi connectivity index (χ4v) is 1.95. The molecule has 16 heavy (non-hydrogen) atoms. The van der Waals surface area contributed by atoms with Crippen LogP contribution in [-0.2, 0) is 9.53 Å². The van der Waals surface area contributed by atoms with Crippen LogP contribution < -0.4 is 0 Å². The second kappa shape index (κ2) is 4.44. The van der Waals surface area contributed by atoms with Gasteiger partial charge in [0.1, 0.15) is 5.60 Å². The predicted molar refractivity (Wildman–Crippen MR) is 61.2 cm³/mol. The molecule has 92 valence electrons. The Morgan fingerprint density at radius 2 is 1.88 bits per heavy atom. The Kier molecular flexibility index (Phi) is 3.61. The molecule has 0 bridgehead atoms. The smallest absolute Gasteiger partial charge is 0.410 e. The third-order valence-electron chi connectivity index (χ3n) is 2.61. The van der Waals surface area contributed by atoms with E-state index in [-0.39, 0.29) is 17.9 Å². The molecule has 0 aromatic heterocycles. The normalized spacial score (nSPS) is 25.7. The minimum absolute atomic E-state index is 0.0372. The molecule has 0 aromatic carbocycles. The number of amides is 1. The largest absolute Gasteiger partial charge is 0.444 e. The van der Waals surface area contributed by atoms with E-state index in [4.69, 9.17) is 4.74 Å². The van der Waals surface area contributed by atoms with Gasteiger partial charge in [0.05, 0.1) is 6.04 Å². The highest BCUT2D eigenvalue weighted by atomic mass is 16.6. The van der Waals surface area contributed by atoms with Gasteiger partial charge in [0, 0.05) is 6.54 Å². The molecule has 0 aromatic rings. The van der Waals surface area contributed by atoms with Crippen molar-refractivity contribution in [3.63, 3.8) is 0 Å². The molecular formula is C12H21NO3. The van der Waals surface area contributed by atoms with Gasteiger partial charge >= 0.3 is 6.09 Å². The van der Waals surface area contributed by atoms with Crippen LogP contribution in [0.15, 0.2) is 0 Å². The van der Waals surface area contributed by atoms with Crippen LogP contribution >= 0.6 is 0 Å². The number of Topliss-reactive ketones (excluding diaryl/α,β-unsaturated/α-hetero) is 1. The molecule has 0 aliphatic carbocycles. The number of ether oxygens (including phenoxy) is 1. The summed E-state index contributed by atoms with van der Waals surface area (Å²) in [5, 5.41) is 0. The molecule has 0 spiro atoms. The molecule has 2 atom stereocenters. The van der Waals surface area contributed by atoms with Crippen molar-refractivity contribution in [1.82, 2.24) is 4.90 Å². The summed E-state index contributed by atoms with van der Waals surface area (Å²) < 4.78 is 5.29. The van der Waals surface area contributed by atoms with Gasteiger partial charge in [-0.3, -0.25) is 9.69 Å². The summed E-state index contributed by atoms with van der Waals surface area (Å²) in [7, 11) is 0. The number of nitrogens with zero attached hydrogens (tertiary/aromatic N) is 1. The SMILES string of the molecule is CC(=O)C1C[C@H](C)CN1C(=O)OC(C)(C)C. The lowest BCUT2D eigenvalue weighted by Gasteiger charge is -2.27. The van der Waals surface area contributed by atoms with Gasteiger partial charge in [-0.15, -0.1) is 0 Å². The zero-order valence-corrected chi connectivity index (χ0v) is 10.7. The number of hydrogen-bond acceptors (Lipinski definition) is 3. The maximum atomic E-state index is 11.9. The minimum atomic E-state index is -0.510. The summed E-state index contributed by atoms with van der Waals surface area (Å²) >= 11 is 0. The Hall–Kier alpha value is -1.06. The van der Waals surface area contributed by atoms with Crippen LogP contribution in [0.25, 0.3) is 0 Å². The van der Waals surface area contributed by atoms with Crippen molar-refractivity contribution in [3.05, 3.63) is 0 Å². The maximum absolute atomic E-state index is 11.9. The van der Waals surface area contributed by atoms with E-state index in [1.165, 1.54) is 6.92 Å². The minimum Gasteiger partial charge on any atom is -0.444 e. The van der Waals surface area contributed by atoms with Gasteiger partial charge in [0.2, 0.25) is 0 Å². The molecule has 4 heteroatoms. The van der Waals surface area contributed by atoms with E-state index >= 15 is 0 Å². The van der Waals surface area contributed by atoms with Gasteiger partial charge < -0.3 is 4.74 Å². The van der Waals surface area contributed by atoms with Crippen LogP contribution in [0.1, 0.15) is 41.0 Å². The second-order valence-electron chi connectivity index (χ2n) is 5.60. The number of hydrogen-bond donors (Lipinski definition) is 0. The number of likely N-dealkylation sites (tertiary alicyclic amines) is 1. The Morgan fingerprint density at radius 1 is 1.31 bits per heavy atom. The van der Waals surface area contributed by atoms with Crippen molar-refractivity contribution in [2.75, 3.05) is 6.54 Å². The van der Waals surface area contributed by atoms with Crippen LogP contribution in [-0.4, -0.2) is 35.0 Å². The molecule has 1 fully saturated rings. The molecule has 1 amide bonds. The maximum Gasteiger partial charge on any atom is 0.410 e. The third kappa shape index (κ3) is 3.22. The highest BCUT2D eigenvalue weighted by molar-refractivity contribution is 5.86. The van der Waals surface area contributed by atoms with E-state index < -0.39 is 5.60 Å². The molecule has 1 saturated heterocycles. The summed E-state index contributed by atoms with van der Waals surface area (Å²) in [4.78, 5) is 24.8. The van der Waals surface area contributed by atoms with Crippen LogP contribution in [0.2, 0.25) is 0 Å². The summed E-state index contributed by atoms with van der Waals surface area (Å²) in [6, 6.07) is -0.301. The van der Waals surface area contributed by atoms with Crippen molar-refractivity contribution in [2.24, 2.45) is 5.92 Å². The summed E-state index contributed by atoms with van der Waals surface area (Å²) in [5.74, 6) is 0.400. The second-order valence-corrected chi connectivity index (χ2v) is 5.60. The Balaban J connectivity index is 2.71.